The lowest BCUT2D eigenvalue weighted by molar-refractivity contribution is -0.117. The van der Waals surface area contributed by atoms with Gasteiger partial charge in [0, 0.05) is 57.3 Å². The monoisotopic (exact) mass is 411 g/mol. The first-order valence-corrected chi connectivity index (χ1v) is 10.6. The second-order valence-corrected chi connectivity index (χ2v) is 9.06. The Morgan fingerprint density at radius 3 is 2.63 bits per heavy atom. The van der Waals surface area contributed by atoms with Gasteiger partial charge in [-0.15, -0.1) is 0 Å². The van der Waals surface area contributed by atoms with Crippen LogP contribution in [0.15, 0.2) is 40.6 Å². The van der Waals surface area contributed by atoms with E-state index in [1.807, 2.05) is 38.1 Å². The Morgan fingerprint density at radius 1 is 1.17 bits per heavy atom. The number of allylic oxidation sites excluding steroid dienone is 2. The van der Waals surface area contributed by atoms with Crippen molar-refractivity contribution in [2.75, 3.05) is 39.3 Å². The number of Topliss-reactive ketones (excluding diaryl/α,β-unsaturated/α-hetero) is 1. The molecule has 0 unspecified atom stereocenters. The van der Waals surface area contributed by atoms with Gasteiger partial charge in [-0.05, 0) is 11.5 Å². The summed E-state index contributed by atoms with van der Waals surface area (Å²) in [6, 6.07) is 7.58. The molecule has 4 rings (SSSR count). The fourth-order valence-corrected chi connectivity index (χ4v) is 4.42. The molecule has 0 radical (unpaired) electrons. The van der Waals surface area contributed by atoms with E-state index in [4.69, 9.17) is 4.74 Å². The SMILES string of the molecule is CC1(C)CC(=O)C(C=NCCN2CCN([C@H]3OC(=O)c4ccccc43)CC2)=C(O)C1. The number of ether oxygens (including phenoxy) is 1. The van der Waals surface area contributed by atoms with Crippen LogP contribution in [0.3, 0.4) is 0 Å². The Kier molecular flexibility index (Phi) is 5.75. The highest BCUT2D eigenvalue weighted by atomic mass is 16.6. The Balaban J connectivity index is 1.26. The third kappa shape index (κ3) is 4.32. The molecular weight excluding hydrogens is 382 g/mol. The maximum absolute atomic E-state index is 12.2. The molecule has 3 aliphatic rings. The van der Waals surface area contributed by atoms with Gasteiger partial charge in [-0.2, -0.15) is 0 Å². The molecule has 2 heterocycles. The average Bonchev–Trinajstić information content (AvgIpc) is 3.03. The van der Waals surface area contributed by atoms with E-state index in [2.05, 4.69) is 14.8 Å². The van der Waals surface area contributed by atoms with Gasteiger partial charge in [-0.3, -0.25) is 19.6 Å². The number of carbonyl (C=O) groups excluding carboxylic acids is 2. The molecule has 1 atom stereocenters. The van der Waals surface area contributed by atoms with E-state index in [1.54, 1.807) is 0 Å². The summed E-state index contributed by atoms with van der Waals surface area (Å²) < 4.78 is 5.59. The van der Waals surface area contributed by atoms with E-state index >= 15 is 0 Å². The summed E-state index contributed by atoms with van der Waals surface area (Å²) in [7, 11) is 0. The van der Waals surface area contributed by atoms with Gasteiger partial charge in [-0.1, -0.05) is 32.0 Å². The number of hydrogen-bond acceptors (Lipinski definition) is 7. The van der Waals surface area contributed by atoms with Gasteiger partial charge in [0.15, 0.2) is 12.0 Å². The number of aliphatic hydroxyl groups is 1. The highest BCUT2D eigenvalue weighted by Crippen LogP contribution is 2.35. The number of nitrogens with zero attached hydrogens (tertiary/aromatic N) is 3. The lowest BCUT2D eigenvalue weighted by atomic mass is 9.77. The molecular formula is C23H29N3O4. The van der Waals surface area contributed by atoms with E-state index in [0.29, 0.717) is 30.5 Å². The van der Waals surface area contributed by atoms with Crippen molar-refractivity contribution in [2.45, 2.75) is 32.9 Å². The number of carbonyl (C=O) groups is 2. The number of cyclic esters (lactones) is 1. The predicted molar refractivity (Wildman–Crippen MR) is 114 cm³/mol. The molecule has 1 N–H and O–H groups in total. The van der Waals surface area contributed by atoms with E-state index in [-0.39, 0.29) is 29.2 Å². The highest BCUT2D eigenvalue weighted by molar-refractivity contribution is 6.14. The van der Waals surface area contributed by atoms with Crippen LogP contribution in [0.25, 0.3) is 0 Å². The molecule has 1 aromatic carbocycles. The smallest absolute Gasteiger partial charge is 0.340 e. The average molecular weight is 412 g/mol. The van der Waals surface area contributed by atoms with Crippen LogP contribution in [0.4, 0.5) is 0 Å². The summed E-state index contributed by atoms with van der Waals surface area (Å²) in [6.07, 6.45) is 2.20. The minimum absolute atomic E-state index is 0.0347. The Morgan fingerprint density at radius 2 is 1.90 bits per heavy atom. The number of aliphatic imine (C=N–C) groups is 1. The van der Waals surface area contributed by atoms with E-state index in [9.17, 15) is 14.7 Å². The van der Waals surface area contributed by atoms with Crippen molar-refractivity contribution in [3.63, 3.8) is 0 Å². The van der Waals surface area contributed by atoms with Crippen molar-refractivity contribution in [1.29, 1.82) is 0 Å². The fraction of sp³-hybridized carbons (Fsp3) is 0.522. The van der Waals surface area contributed by atoms with Gasteiger partial charge in [0.2, 0.25) is 0 Å². The second-order valence-electron chi connectivity index (χ2n) is 9.06. The molecule has 1 aromatic rings. The molecule has 0 saturated carbocycles. The van der Waals surface area contributed by atoms with E-state index in [0.717, 1.165) is 38.3 Å². The molecule has 0 amide bonds. The summed E-state index contributed by atoms with van der Waals surface area (Å²) in [5.41, 5.74) is 1.79. The number of fused-ring (bicyclic) bond motifs is 1. The lowest BCUT2D eigenvalue weighted by Gasteiger charge is -2.37. The summed E-state index contributed by atoms with van der Waals surface area (Å²) in [5.74, 6) is -0.127. The third-order valence-electron chi connectivity index (χ3n) is 6.07. The zero-order valence-electron chi connectivity index (χ0n) is 17.6. The van der Waals surface area contributed by atoms with Gasteiger partial charge in [0.25, 0.3) is 0 Å². The van der Waals surface area contributed by atoms with Crippen molar-refractivity contribution in [3.8, 4) is 0 Å². The first kappa shape index (κ1) is 20.8. The number of ketones is 1. The topological polar surface area (TPSA) is 82.4 Å². The molecule has 0 spiro atoms. The summed E-state index contributed by atoms with van der Waals surface area (Å²) in [4.78, 5) is 33.2. The van der Waals surface area contributed by atoms with Crippen LogP contribution >= 0.6 is 0 Å². The van der Waals surface area contributed by atoms with Crippen LogP contribution in [0.5, 0.6) is 0 Å². The molecule has 1 saturated heterocycles. The molecule has 30 heavy (non-hydrogen) atoms. The molecule has 1 fully saturated rings. The zero-order chi connectivity index (χ0) is 21.3. The number of hydrogen-bond donors (Lipinski definition) is 1. The van der Waals surface area contributed by atoms with Crippen molar-refractivity contribution >= 4 is 18.0 Å². The molecule has 7 heteroatoms. The Bertz CT molecular complexity index is 897. The van der Waals surface area contributed by atoms with E-state index in [1.165, 1.54) is 6.21 Å². The second kappa shape index (κ2) is 8.32. The molecule has 2 aliphatic heterocycles. The largest absolute Gasteiger partial charge is 0.511 e. The quantitative estimate of drug-likeness (QED) is 0.593. The fourth-order valence-electron chi connectivity index (χ4n) is 4.42. The van der Waals surface area contributed by atoms with Crippen molar-refractivity contribution in [3.05, 3.63) is 46.7 Å². The third-order valence-corrected chi connectivity index (χ3v) is 6.07. The van der Waals surface area contributed by atoms with Crippen LogP contribution in [0.1, 0.15) is 48.8 Å². The van der Waals surface area contributed by atoms with Crippen LogP contribution in [-0.4, -0.2) is 72.1 Å². The van der Waals surface area contributed by atoms with Crippen LogP contribution in [0, 0.1) is 5.41 Å². The minimum Gasteiger partial charge on any atom is -0.511 e. The Hall–Kier alpha value is -2.51. The molecule has 7 nitrogen and oxygen atoms in total. The van der Waals surface area contributed by atoms with Crippen molar-refractivity contribution in [1.82, 2.24) is 9.80 Å². The molecule has 0 aromatic heterocycles. The summed E-state index contributed by atoms with van der Waals surface area (Å²) >= 11 is 0. The summed E-state index contributed by atoms with van der Waals surface area (Å²) in [6.45, 7) is 8.71. The standard InChI is InChI=1S/C23H29N3O4/c1-23(2)13-19(27)18(20(28)14-23)15-24-7-8-25-9-11-26(12-10-25)21-16-5-3-4-6-17(16)22(29)30-21/h3-6,15,21,27H,7-14H2,1-2H3/t21-/m0/s1. The van der Waals surface area contributed by atoms with Gasteiger partial charge in [0.05, 0.1) is 17.7 Å². The zero-order valence-corrected chi connectivity index (χ0v) is 17.6. The van der Waals surface area contributed by atoms with Gasteiger partial charge in [0.1, 0.15) is 5.76 Å². The van der Waals surface area contributed by atoms with Crippen LogP contribution in [-0.2, 0) is 9.53 Å². The molecule has 160 valence electrons. The molecule has 0 bridgehead atoms. The number of piperazine rings is 1. The predicted octanol–water partition coefficient (Wildman–Crippen LogP) is 2.75. The number of esters is 1. The number of benzene rings is 1. The lowest BCUT2D eigenvalue weighted by Crippen LogP contribution is -2.48. The van der Waals surface area contributed by atoms with E-state index < -0.39 is 0 Å². The number of aliphatic hydroxyl groups excluding tert-OH is 1. The maximum Gasteiger partial charge on any atom is 0.340 e. The maximum atomic E-state index is 12.2. The highest BCUT2D eigenvalue weighted by Gasteiger charge is 2.36. The number of rotatable bonds is 5. The Labute approximate surface area is 177 Å². The van der Waals surface area contributed by atoms with Gasteiger partial charge >= 0.3 is 5.97 Å². The van der Waals surface area contributed by atoms with Crippen molar-refractivity contribution < 1.29 is 19.4 Å². The van der Waals surface area contributed by atoms with Gasteiger partial charge < -0.3 is 9.84 Å². The van der Waals surface area contributed by atoms with Crippen LogP contribution in [0.2, 0.25) is 0 Å². The van der Waals surface area contributed by atoms with Crippen LogP contribution < -0.4 is 0 Å². The minimum atomic E-state index is -0.287. The normalized spacial score (nSPS) is 25.1. The molecule has 1 aliphatic carbocycles. The first-order chi connectivity index (χ1) is 14.3. The van der Waals surface area contributed by atoms with Gasteiger partial charge in [-0.25, -0.2) is 4.79 Å². The van der Waals surface area contributed by atoms with Crippen molar-refractivity contribution in [2.24, 2.45) is 10.4 Å². The first-order valence-electron chi connectivity index (χ1n) is 10.6. The summed E-state index contributed by atoms with van der Waals surface area (Å²) in [5, 5.41) is 10.2.